The van der Waals surface area contributed by atoms with E-state index in [0.717, 1.165) is 4.90 Å². The minimum Gasteiger partial charge on any atom is -0.454 e. The molecule has 0 saturated carbocycles. The summed E-state index contributed by atoms with van der Waals surface area (Å²) in [6, 6.07) is 20.2. The molecule has 1 saturated heterocycles. The van der Waals surface area contributed by atoms with Crippen LogP contribution in [0.1, 0.15) is 54.3 Å². The monoisotopic (exact) mass is 551 g/mol. The molecule has 1 aliphatic heterocycles. The zero-order valence-electron chi connectivity index (χ0n) is 21.9. The molecule has 0 radical (unpaired) electrons. The van der Waals surface area contributed by atoms with Crippen LogP contribution in [-0.4, -0.2) is 48.5 Å². The van der Waals surface area contributed by atoms with E-state index in [9.17, 15) is 28.8 Å². The van der Waals surface area contributed by atoms with Crippen LogP contribution < -0.4 is 4.90 Å². The average Bonchev–Trinajstić information content (AvgIpc) is 3.28. The number of ketones is 2. The summed E-state index contributed by atoms with van der Waals surface area (Å²) in [5.74, 6) is -4.70. The molecule has 2 amide bonds. The second-order valence-electron chi connectivity index (χ2n) is 9.67. The minimum absolute atomic E-state index is 0.000396. The number of ether oxygens (including phenoxy) is 2. The predicted molar refractivity (Wildman–Crippen MR) is 146 cm³/mol. The summed E-state index contributed by atoms with van der Waals surface area (Å²) >= 11 is 0. The molecule has 206 valence electrons. The third-order valence-electron chi connectivity index (χ3n) is 7.02. The second kappa shape index (κ2) is 11.9. The number of hydrogen-bond donors (Lipinski definition) is 0. The summed E-state index contributed by atoms with van der Waals surface area (Å²) < 4.78 is 10.4. The number of carbonyl (C=O) groups is 6. The molecule has 0 aromatic heterocycles. The number of rotatable bonds is 9. The number of esters is 2. The lowest BCUT2D eigenvalue weighted by Crippen LogP contribution is -2.31. The van der Waals surface area contributed by atoms with Gasteiger partial charge in [-0.25, -0.2) is 14.5 Å². The van der Waals surface area contributed by atoms with E-state index >= 15 is 0 Å². The third kappa shape index (κ3) is 5.89. The van der Waals surface area contributed by atoms with Gasteiger partial charge in [-0.3, -0.25) is 19.2 Å². The lowest BCUT2D eigenvalue weighted by molar-refractivity contribution is -0.122. The van der Waals surface area contributed by atoms with Crippen LogP contribution in [0, 0.1) is 11.8 Å². The Morgan fingerprint density at radius 2 is 1.02 bits per heavy atom. The number of allylic oxidation sites excluding steroid dienone is 2. The molecule has 3 aromatic rings. The van der Waals surface area contributed by atoms with Crippen molar-refractivity contribution in [2.75, 3.05) is 18.1 Å². The van der Waals surface area contributed by atoms with E-state index in [0.29, 0.717) is 24.0 Å². The molecule has 1 heterocycles. The molecule has 1 fully saturated rings. The highest BCUT2D eigenvalue weighted by atomic mass is 16.5. The molecule has 0 N–H and O–H groups in total. The first-order chi connectivity index (χ1) is 19.8. The van der Waals surface area contributed by atoms with E-state index in [2.05, 4.69) is 0 Å². The fourth-order valence-corrected chi connectivity index (χ4v) is 4.87. The van der Waals surface area contributed by atoms with Crippen molar-refractivity contribution in [3.63, 3.8) is 0 Å². The summed E-state index contributed by atoms with van der Waals surface area (Å²) in [6.45, 7) is -1.12. The van der Waals surface area contributed by atoms with E-state index in [-0.39, 0.29) is 16.8 Å². The van der Waals surface area contributed by atoms with Crippen LogP contribution in [0.15, 0.2) is 91.0 Å². The van der Waals surface area contributed by atoms with Gasteiger partial charge in [0.05, 0.1) is 28.7 Å². The molecule has 2 aliphatic rings. The highest BCUT2D eigenvalue weighted by Gasteiger charge is 2.48. The van der Waals surface area contributed by atoms with Gasteiger partial charge in [0.25, 0.3) is 0 Å². The van der Waals surface area contributed by atoms with Gasteiger partial charge in [-0.1, -0.05) is 72.8 Å². The van der Waals surface area contributed by atoms with Crippen LogP contribution in [0.3, 0.4) is 0 Å². The van der Waals surface area contributed by atoms with Crippen molar-refractivity contribution in [3.05, 3.63) is 113 Å². The van der Waals surface area contributed by atoms with Gasteiger partial charge >= 0.3 is 11.9 Å². The molecule has 9 heteroatoms. The van der Waals surface area contributed by atoms with Crippen LogP contribution in [0.5, 0.6) is 0 Å². The van der Waals surface area contributed by atoms with Crippen LogP contribution in [0.25, 0.3) is 0 Å². The standard InChI is InChI=1S/C32H25NO8/c34-27(20-9-3-1-4-10-20)18-40-31(38)22-15-23(32(39)41-19-28(35)21-11-5-2-6-12-21)17-24(16-22)33-29(36)25-13-7-8-14-26(25)30(33)37/h1-12,15-17,25-26H,13-14,18-19H2/t25-,26-/m0/s1. The zero-order valence-corrected chi connectivity index (χ0v) is 21.9. The van der Waals surface area contributed by atoms with E-state index in [1.807, 2.05) is 12.2 Å². The van der Waals surface area contributed by atoms with Gasteiger partial charge in [0.2, 0.25) is 11.8 Å². The summed E-state index contributed by atoms with van der Waals surface area (Å²) in [6.07, 6.45) is 4.51. The van der Waals surface area contributed by atoms with Gasteiger partial charge in [-0.15, -0.1) is 0 Å². The smallest absolute Gasteiger partial charge is 0.338 e. The topological polar surface area (TPSA) is 124 Å². The van der Waals surface area contributed by atoms with Gasteiger partial charge < -0.3 is 9.47 Å². The highest BCUT2D eigenvalue weighted by molar-refractivity contribution is 6.22. The van der Waals surface area contributed by atoms with Crippen molar-refractivity contribution in [1.82, 2.24) is 0 Å². The molecule has 0 spiro atoms. The number of imide groups is 1. The van der Waals surface area contributed by atoms with Crippen molar-refractivity contribution in [2.45, 2.75) is 12.8 Å². The normalized spacial score (nSPS) is 17.6. The third-order valence-corrected chi connectivity index (χ3v) is 7.02. The summed E-state index contributed by atoms with van der Waals surface area (Å²) in [5.41, 5.74) is 0.368. The van der Waals surface area contributed by atoms with Gasteiger partial charge in [-0.2, -0.15) is 0 Å². The maximum absolute atomic E-state index is 13.2. The number of hydrogen-bond acceptors (Lipinski definition) is 8. The Hall–Kier alpha value is -5.18. The van der Waals surface area contributed by atoms with E-state index in [4.69, 9.17) is 9.47 Å². The Labute approximate surface area is 235 Å². The molecular formula is C32H25NO8. The van der Waals surface area contributed by atoms with Crippen molar-refractivity contribution < 1.29 is 38.2 Å². The number of nitrogens with zero attached hydrogens (tertiary/aromatic N) is 1. The molecule has 9 nitrogen and oxygen atoms in total. The Morgan fingerprint density at radius 1 is 0.610 bits per heavy atom. The average molecular weight is 552 g/mol. The number of Topliss-reactive ketones (excluding diaryl/α,β-unsaturated/α-hetero) is 2. The lowest BCUT2D eigenvalue weighted by atomic mass is 9.85. The Balaban J connectivity index is 1.40. The molecule has 1 aliphatic carbocycles. The van der Waals surface area contributed by atoms with Crippen molar-refractivity contribution in [3.8, 4) is 0 Å². The van der Waals surface area contributed by atoms with E-state index < -0.39 is 60.4 Å². The number of fused-ring (bicyclic) bond motifs is 1. The molecule has 3 aromatic carbocycles. The predicted octanol–water partition coefficient (Wildman–Crippen LogP) is 4.22. The molecular weight excluding hydrogens is 526 g/mol. The van der Waals surface area contributed by atoms with Crippen molar-refractivity contribution in [1.29, 1.82) is 0 Å². The summed E-state index contributed by atoms with van der Waals surface area (Å²) in [5, 5.41) is 0. The van der Waals surface area contributed by atoms with Crippen LogP contribution >= 0.6 is 0 Å². The number of amides is 2. The molecule has 5 rings (SSSR count). The molecule has 2 atom stereocenters. The van der Waals surface area contributed by atoms with Gasteiger partial charge in [-0.05, 0) is 31.0 Å². The highest BCUT2D eigenvalue weighted by Crippen LogP contribution is 2.38. The van der Waals surface area contributed by atoms with Gasteiger partial charge in [0.1, 0.15) is 0 Å². The van der Waals surface area contributed by atoms with Crippen molar-refractivity contribution >= 4 is 41.0 Å². The first kappa shape index (κ1) is 27.4. The maximum atomic E-state index is 13.2. The SMILES string of the molecule is O=C(COC(=O)c1cc(C(=O)OCC(=O)c2ccccc2)cc(N2C(=O)[C@H]3CC=CC[C@@H]3C2=O)c1)c1ccccc1. The fourth-order valence-electron chi connectivity index (χ4n) is 4.87. The number of carbonyl (C=O) groups excluding carboxylic acids is 6. The Morgan fingerprint density at radius 3 is 1.44 bits per heavy atom. The van der Waals surface area contributed by atoms with Crippen molar-refractivity contribution in [2.24, 2.45) is 11.8 Å². The van der Waals surface area contributed by atoms with E-state index in [1.165, 1.54) is 18.2 Å². The van der Waals surface area contributed by atoms with Gasteiger partial charge in [0.15, 0.2) is 24.8 Å². The van der Waals surface area contributed by atoms with Crippen LogP contribution in [-0.2, 0) is 19.1 Å². The maximum Gasteiger partial charge on any atom is 0.338 e. The number of anilines is 1. The van der Waals surface area contributed by atoms with Crippen LogP contribution in [0.4, 0.5) is 5.69 Å². The quantitative estimate of drug-likeness (QED) is 0.168. The zero-order chi connectivity index (χ0) is 28.9. The largest absolute Gasteiger partial charge is 0.454 e. The van der Waals surface area contributed by atoms with Gasteiger partial charge in [0, 0.05) is 11.1 Å². The van der Waals surface area contributed by atoms with Crippen LogP contribution in [0.2, 0.25) is 0 Å². The first-order valence-corrected chi connectivity index (χ1v) is 13.0. The summed E-state index contributed by atoms with van der Waals surface area (Å²) in [4.78, 5) is 78.3. The Bertz CT molecular complexity index is 1450. The Kier molecular flexibility index (Phi) is 7.96. The first-order valence-electron chi connectivity index (χ1n) is 13.0. The molecule has 0 unspecified atom stereocenters. The summed E-state index contributed by atoms with van der Waals surface area (Å²) in [7, 11) is 0. The lowest BCUT2D eigenvalue weighted by Gasteiger charge is -2.17. The molecule has 0 bridgehead atoms. The number of benzene rings is 3. The van der Waals surface area contributed by atoms with E-state index in [1.54, 1.807) is 60.7 Å². The fraction of sp³-hybridized carbons (Fsp3) is 0.188. The molecule has 41 heavy (non-hydrogen) atoms. The minimum atomic E-state index is -0.941. The second-order valence-corrected chi connectivity index (χ2v) is 9.67.